The summed E-state index contributed by atoms with van der Waals surface area (Å²) in [6, 6.07) is 5.73. The van der Waals surface area contributed by atoms with Crippen molar-refractivity contribution < 1.29 is 78.9 Å². The first-order chi connectivity index (χ1) is 7.43. The van der Waals surface area contributed by atoms with Gasteiger partial charge in [-0.15, -0.1) is 0 Å². The molecule has 1 aromatic rings. The maximum Gasteiger partial charge on any atom is 1.00 e. The fourth-order valence-electron chi connectivity index (χ4n) is 1.11. The van der Waals surface area contributed by atoms with Crippen LogP contribution in [0.5, 0.6) is 0 Å². The smallest absolute Gasteiger partial charge is 0.545 e. The molecule has 0 aliphatic rings. The Hall–Kier alpha value is -0.360. The van der Waals surface area contributed by atoms with Crippen molar-refractivity contribution in [3.63, 3.8) is 0 Å². The van der Waals surface area contributed by atoms with Crippen LogP contribution in [0.2, 0.25) is 0 Å². The van der Waals surface area contributed by atoms with Crippen LogP contribution in [-0.2, 0) is 9.59 Å². The van der Waals surface area contributed by atoms with Gasteiger partial charge in [-0.2, -0.15) is 0 Å². The molecule has 1 rings (SSSR count). The number of hydrogen-bond donors (Lipinski definition) is 0. The summed E-state index contributed by atoms with van der Waals surface area (Å²) in [4.78, 5) is 21.0. The van der Waals surface area contributed by atoms with Crippen molar-refractivity contribution in [3.05, 3.63) is 48.6 Å². The molecule has 0 amide bonds. The van der Waals surface area contributed by atoms with Gasteiger partial charge in [0.05, 0.1) is 11.9 Å². The fourth-order valence-corrected chi connectivity index (χ4v) is 1.11. The second-order valence-corrected chi connectivity index (χ2v) is 3.11. The minimum atomic E-state index is -1.37. The normalized spacial score (nSPS) is 8.44. The number of carbonyl (C=O) groups excluding carboxylic acids is 2. The fraction of sp³-hybridized carbons (Fsp3) is 0. The van der Waals surface area contributed by atoms with Gasteiger partial charge in [-0.05, 0) is 22.3 Å². The number of hydrogen-bond acceptors (Lipinski definition) is 4. The Labute approximate surface area is 149 Å². The van der Waals surface area contributed by atoms with Gasteiger partial charge in [0.15, 0.2) is 0 Å². The van der Waals surface area contributed by atoms with Crippen molar-refractivity contribution in [2.24, 2.45) is 0 Å². The minimum Gasteiger partial charge on any atom is -0.545 e. The first-order valence-corrected chi connectivity index (χ1v) is 4.34. The number of carboxylic acids is 2. The largest absolute Gasteiger partial charge is 1.00 e. The van der Waals surface area contributed by atoms with Crippen LogP contribution in [0, 0.1) is 0 Å². The van der Waals surface area contributed by atoms with E-state index < -0.39 is 11.9 Å². The molecular weight excluding hydrogens is 254 g/mol. The summed E-state index contributed by atoms with van der Waals surface area (Å²) >= 11 is 0. The summed E-state index contributed by atoms with van der Waals surface area (Å²) in [6.45, 7) is 6.64. The van der Waals surface area contributed by atoms with Gasteiger partial charge < -0.3 is 19.8 Å². The van der Waals surface area contributed by atoms with E-state index in [-0.39, 0.29) is 70.3 Å². The van der Waals surface area contributed by atoms with Gasteiger partial charge in [-0.3, -0.25) is 0 Å². The predicted molar refractivity (Wildman–Crippen MR) is 54.5 cm³/mol. The number of rotatable bonds is 4. The minimum absolute atomic E-state index is 0. The van der Waals surface area contributed by atoms with Crippen molar-refractivity contribution in [1.82, 2.24) is 0 Å². The third-order valence-corrected chi connectivity index (χ3v) is 2.07. The summed E-state index contributed by atoms with van der Waals surface area (Å²) < 4.78 is 0. The molecule has 0 bridgehead atoms. The summed E-state index contributed by atoms with van der Waals surface area (Å²) in [7, 11) is 0. The first kappa shape index (κ1) is 20.0. The molecule has 0 radical (unpaired) electrons. The van der Waals surface area contributed by atoms with Crippen molar-refractivity contribution in [2.45, 2.75) is 0 Å². The summed E-state index contributed by atoms with van der Waals surface area (Å²) in [5, 5.41) is 21.0. The van der Waals surface area contributed by atoms with Gasteiger partial charge in [-0.1, -0.05) is 37.4 Å². The van der Waals surface area contributed by atoms with E-state index in [1.807, 2.05) is 0 Å². The average molecular weight is 262 g/mol. The van der Waals surface area contributed by atoms with Gasteiger partial charge in [0.25, 0.3) is 0 Å². The van der Waals surface area contributed by atoms with E-state index in [9.17, 15) is 19.8 Å². The van der Waals surface area contributed by atoms with Gasteiger partial charge >= 0.3 is 59.1 Å². The Morgan fingerprint density at radius 2 is 1.00 bits per heavy atom. The van der Waals surface area contributed by atoms with Crippen molar-refractivity contribution in [3.8, 4) is 0 Å². The third-order valence-electron chi connectivity index (χ3n) is 2.07. The van der Waals surface area contributed by atoms with Gasteiger partial charge in [0.1, 0.15) is 0 Å². The van der Waals surface area contributed by atoms with E-state index in [0.29, 0.717) is 11.1 Å². The van der Waals surface area contributed by atoms with Gasteiger partial charge in [0.2, 0.25) is 0 Å². The molecule has 0 aromatic heterocycles. The molecule has 0 N–H and O–H groups in total. The molecule has 4 nitrogen and oxygen atoms in total. The molecule has 0 heterocycles. The van der Waals surface area contributed by atoms with Crippen LogP contribution in [0.25, 0.3) is 11.1 Å². The summed E-state index contributed by atoms with van der Waals surface area (Å²) in [5.74, 6) is -2.74. The maximum atomic E-state index is 10.5. The Morgan fingerprint density at radius 1 is 0.778 bits per heavy atom. The molecule has 18 heavy (non-hydrogen) atoms. The van der Waals surface area contributed by atoms with Crippen LogP contribution in [0.4, 0.5) is 0 Å². The second-order valence-electron chi connectivity index (χ2n) is 3.11. The van der Waals surface area contributed by atoms with E-state index in [1.54, 1.807) is 0 Å². The van der Waals surface area contributed by atoms with Crippen LogP contribution < -0.4 is 69.3 Å². The molecule has 0 saturated heterocycles. The van der Waals surface area contributed by atoms with E-state index in [2.05, 4.69) is 13.2 Å². The molecule has 0 fully saturated rings. The third kappa shape index (κ3) is 5.10. The SMILES string of the molecule is C=C(C(=O)[O-])c1ccc(C(=C)C(=O)[O-])cc1.[Na+].[Na+]. The molecule has 0 aliphatic carbocycles. The molecule has 0 spiro atoms. The zero-order valence-electron chi connectivity index (χ0n) is 10.4. The van der Waals surface area contributed by atoms with E-state index in [0.717, 1.165) is 0 Å². The average Bonchev–Trinajstić information content (AvgIpc) is 2.27. The van der Waals surface area contributed by atoms with Crippen LogP contribution in [-0.4, -0.2) is 11.9 Å². The molecule has 0 unspecified atom stereocenters. The zero-order valence-corrected chi connectivity index (χ0v) is 14.4. The Bertz CT molecular complexity index is 432. The topological polar surface area (TPSA) is 80.3 Å². The second kappa shape index (κ2) is 8.69. The number of carbonyl (C=O) groups is 2. The van der Waals surface area contributed by atoms with Crippen LogP contribution >= 0.6 is 0 Å². The van der Waals surface area contributed by atoms with Gasteiger partial charge in [0, 0.05) is 0 Å². The molecule has 82 valence electrons. The number of benzene rings is 1. The molecule has 0 aliphatic heterocycles. The first-order valence-electron chi connectivity index (χ1n) is 4.34. The number of carboxylic acid groups (broad SMARTS) is 2. The maximum absolute atomic E-state index is 10.5. The summed E-state index contributed by atoms with van der Waals surface area (Å²) in [6.07, 6.45) is 0. The van der Waals surface area contributed by atoms with E-state index in [4.69, 9.17) is 0 Å². The summed E-state index contributed by atoms with van der Waals surface area (Å²) in [5.41, 5.74) is 0.390. The molecule has 0 atom stereocenters. The Morgan fingerprint density at radius 3 is 1.17 bits per heavy atom. The Kier molecular flexibility index (Phi) is 9.64. The number of aliphatic carboxylic acids is 2. The van der Waals surface area contributed by atoms with Crippen LogP contribution in [0.15, 0.2) is 37.4 Å². The van der Waals surface area contributed by atoms with Crippen LogP contribution in [0.3, 0.4) is 0 Å². The quantitative estimate of drug-likeness (QED) is 0.399. The van der Waals surface area contributed by atoms with Crippen LogP contribution in [0.1, 0.15) is 11.1 Å². The van der Waals surface area contributed by atoms with Crippen molar-refractivity contribution in [2.75, 3.05) is 0 Å². The standard InChI is InChI=1S/C12H10O4.2Na/c1-7(11(13)14)9-3-5-10(6-4-9)8(2)12(15)16;;/h3-6H,1-2H2,(H,13,14)(H,15,16);;/q;2*+1/p-2. The molecule has 6 heteroatoms. The molecule has 1 aromatic carbocycles. The van der Waals surface area contributed by atoms with E-state index in [1.165, 1.54) is 24.3 Å². The monoisotopic (exact) mass is 262 g/mol. The predicted octanol–water partition coefficient (Wildman–Crippen LogP) is -6.78. The molecular formula is C12H8Na2O4. The van der Waals surface area contributed by atoms with Crippen molar-refractivity contribution >= 4 is 23.1 Å². The Balaban J connectivity index is 0. The molecule has 0 saturated carbocycles. The van der Waals surface area contributed by atoms with Crippen molar-refractivity contribution in [1.29, 1.82) is 0 Å². The van der Waals surface area contributed by atoms with E-state index >= 15 is 0 Å². The van der Waals surface area contributed by atoms with Gasteiger partial charge in [-0.25, -0.2) is 0 Å². The zero-order chi connectivity index (χ0) is 12.3.